The van der Waals surface area contributed by atoms with Gasteiger partial charge in [0.15, 0.2) is 0 Å². The lowest BCUT2D eigenvalue weighted by atomic mass is 9.99. The van der Waals surface area contributed by atoms with E-state index < -0.39 is 0 Å². The van der Waals surface area contributed by atoms with Crippen molar-refractivity contribution in [2.75, 3.05) is 6.54 Å². The lowest BCUT2D eigenvalue weighted by Gasteiger charge is -2.34. The Morgan fingerprint density at radius 2 is 2.13 bits per heavy atom. The topological polar surface area (TPSA) is 53.2 Å². The van der Waals surface area contributed by atoms with E-state index in [1.54, 1.807) is 11.3 Å². The van der Waals surface area contributed by atoms with Gasteiger partial charge in [-0.3, -0.25) is 9.59 Å². The molecule has 0 aliphatic carbocycles. The van der Waals surface area contributed by atoms with Crippen molar-refractivity contribution in [1.29, 1.82) is 0 Å². The first-order valence-electron chi connectivity index (χ1n) is 7.64. The van der Waals surface area contributed by atoms with Gasteiger partial charge in [-0.05, 0) is 36.4 Å². The molecule has 0 spiro atoms. The van der Waals surface area contributed by atoms with E-state index in [1.807, 2.05) is 29.2 Å². The Hall–Kier alpha value is -2.40. The van der Waals surface area contributed by atoms with Crippen molar-refractivity contribution in [3.05, 3.63) is 68.1 Å². The summed E-state index contributed by atoms with van der Waals surface area (Å²) >= 11 is 1.75. The monoisotopic (exact) mass is 324 g/mol. The van der Waals surface area contributed by atoms with Crippen molar-refractivity contribution >= 4 is 28.1 Å². The molecule has 4 rings (SSSR count). The van der Waals surface area contributed by atoms with Crippen molar-refractivity contribution in [3.63, 3.8) is 0 Å². The SMILES string of the molecule is CC1c2ccsc2CCN1C(=O)c1cc(=O)[nH]c2ccccc12. The summed E-state index contributed by atoms with van der Waals surface area (Å²) in [6, 6.07) is 11.0. The van der Waals surface area contributed by atoms with Gasteiger partial charge in [0.05, 0.1) is 11.6 Å². The molecule has 0 saturated heterocycles. The lowest BCUT2D eigenvalue weighted by molar-refractivity contribution is 0.0681. The van der Waals surface area contributed by atoms with Crippen LogP contribution in [0.3, 0.4) is 0 Å². The summed E-state index contributed by atoms with van der Waals surface area (Å²) in [6.45, 7) is 2.74. The molecule has 1 aliphatic heterocycles. The van der Waals surface area contributed by atoms with Crippen LogP contribution in [0.25, 0.3) is 10.9 Å². The quantitative estimate of drug-likeness (QED) is 0.746. The van der Waals surface area contributed by atoms with E-state index in [0.717, 1.165) is 11.8 Å². The largest absolute Gasteiger partial charge is 0.331 e. The zero-order valence-corrected chi connectivity index (χ0v) is 13.5. The van der Waals surface area contributed by atoms with Gasteiger partial charge in [-0.1, -0.05) is 18.2 Å². The standard InChI is InChI=1S/C18H16N2O2S/c1-11-12-7-9-23-16(12)6-8-20(11)18(22)14-10-17(21)19-15-5-3-2-4-13(14)15/h2-5,7,9-11H,6,8H2,1H3,(H,19,21). The molecule has 3 heterocycles. The minimum absolute atomic E-state index is 0.0375. The summed E-state index contributed by atoms with van der Waals surface area (Å²) in [5.74, 6) is -0.0725. The third-order valence-corrected chi connectivity index (χ3v) is 5.52. The number of hydrogen-bond donors (Lipinski definition) is 1. The van der Waals surface area contributed by atoms with Crippen molar-refractivity contribution in [1.82, 2.24) is 9.88 Å². The molecule has 0 radical (unpaired) electrons. The Morgan fingerprint density at radius 1 is 1.30 bits per heavy atom. The first kappa shape index (κ1) is 14.2. The number of pyridine rings is 1. The molecule has 0 fully saturated rings. The Kier molecular flexibility index (Phi) is 3.31. The molecule has 0 saturated carbocycles. The van der Waals surface area contributed by atoms with E-state index in [1.165, 1.54) is 16.5 Å². The van der Waals surface area contributed by atoms with Gasteiger partial charge in [-0.15, -0.1) is 11.3 Å². The summed E-state index contributed by atoms with van der Waals surface area (Å²) in [4.78, 5) is 31.0. The van der Waals surface area contributed by atoms with Crippen LogP contribution in [0.5, 0.6) is 0 Å². The molecule has 1 aliphatic rings. The second kappa shape index (κ2) is 5.35. The molecule has 5 heteroatoms. The third-order valence-electron chi connectivity index (χ3n) is 4.52. The van der Waals surface area contributed by atoms with E-state index in [2.05, 4.69) is 23.4 Å². The maximum atomic E-state index is 13.1. The molecule has 1 unspecified atom stereocenters. The van der Waals surface area contributed by atoms with Gasteiger partial charge in [-0.25, -0.2) is 0 Å². The fraction of sp³-hybridized carbons (Fsp3) is 0.222. The summed E-state index contributed by atoms with van der Waals surface area (Å²) in [5, 5.41) is 2.87. The number of aromatic amines is 1. The number of para-hydroxylation sites is 1. The molecule has 1 aromatic carbocycles. The van der Waals surface area contributed by atoms with Crippen molar-refractivity contribution in [2.45, 2.75) is 19.4 Å². The van der Waals surface area contributed by atoms with Gasteiger partial charge in [0.2, 0.25) is 5.56 Å². The van der Waals surface area contributed by atoms with Gasteiger partial charge < -0.3 is 9.88 Å². The first-order valence-corrected chi connectivity index (χ1v) is 8.52. The highest BCUT2D eigenvalue weighted by Crippen LogP contribution is 2.34. The van der Waals surface area contributed by atoms with Crippen LogP contribution in [-0.4, -0.2) is 22.3 Å². The number of rotatable bonds is 1. The van der Waals surface area contributed by atoms with Gasteiger partial charge in [0.25, 0.3) is 5.91 Å². The number of H-pyrrole nitrogens is 1. The van der Waals surface area contributed by atoms with Gasteiger partial charge >= 0.3 is 0 Å². The number of carbonyl (C=O) groups excluding carboxylic acids is 1. The molecular formula is C18H16N2O2S. The second-order valence-electron chi connectivity index (χ2n) is 5.82. The average molecular weight is 324 g/mol. The Balaban J connectivity index is 1.80. The molecule has 1 N–H and O–H groups in total. The van der Waals surface area contributed by atoms with E-state index in [9.17, 15) is 9.59 Å². The number of thiophene rings is 1. The zero-order chi connectivity index (χ0) is 16.0. The van der Waals surface area contributed by atoms with Crippen LogP contribution in [0.15, 0.2) is 46.6 Å². The van der Waals surface area contributed by atoms with Crippen LogP contribution in [0.2, 0.25) is 0 Å². The smallest absolute Gasteiger partial charge is 0.255 e. The number of aromatic nitrogens is 1. The number of nitrogens with one attached hydrogen (secondary N) is 1. The minimum Gasteiger partial charge on any atom is -0.331 e. The van der Waals surface area contributed by atoms with E-state index >= 15 is 0 Å². The Labute approximate surface area is 137 Å². The highest BCUT2D eigenvalue weighted by Gasteiger charge is 2.29. The van der Waals surface area contributed by atoms with Crippen LogP contribution in [0.4, 0.5) is 0 Å². The molecule has 1 amide bonds. The predicted molar refractivity (Wildman–Crippen MR) is 92.0 cm³/mol. The predicted octanol–water partition coefficient (Wildman–Crippen LogP) is 3.35. The number of hydrogen-bond acceptors (Lipinski definition) is 3. The summed E-state index contributed by atoms with van der Waals surface area (Å²) in [5.41, 5.74) is 2.16. The van der Waals surface area contributed by atoms with Gasteiger partial charge in [0, 0.05) is 28.4 Å². The number of carbonyl (C=O) groups is 1. The number of amides is 1. The van der Waals surface area contributed by atoms with Crippen molar-refractivity contribution in [2.24, 2.45) is 0 Å². The first-order chi connectivity index (χ1) is 11.1. The lowest BCUT2D eigenvalue weighted by Crippen LogP contribution is -2.38. The Morgan fingerprint density at radius 3 is 3.00 bits per heavy atom. The minimum atomic E-state index is -0.243. The molecule has 1 atom stereocenters. The molecular weight excluding hydrogens is 308 g/mol. The Bertz CT molecular complexity index is 957. The maximum absolute atomic E-state index is 13.1. The summed E-state index contributed by atoms with van der Waals surface area (Å²) in [6.07, 6.45) is 0.879. The fourth-order valence-corrected chi connectivity index (χ4v) is 4.29. The summed E-state index contributed by atoms with van der Waals surface area (Å²) in [7, 11) is 0. The summed E-state index contributed by atoms with van der Waals surface area (Å²) < 4.78 is 0. The number of fused-ring (bicyclic) bond motifs is 2. The molecule has 116 valence electrons. The molecule has 23 heavy (non-hydrogen) atoms. The van der Waals surface area contributed by atoms with Crippen LogP contribution in [-0.2, 0) is 6.42 Å². The maximum Gasteiger partial charge on any atom is 0.255 e. The average Bonchev–Trinajstić information content (AvgIpc) is 3.03. The van der Waals surface area contributed by atoms with Gasteiger partial charge in [-0.2, -0.15) is 0 Å². The van der Waals surface area contributed by atoms with Crippen LogP contribution in [0.1, 0.15) is 33.8 Å². The highest BCUT2D eigenvalue weighted by molar-refractivity contribution is 7.10. The number of nitrogens with zero attached hydrogens (tertiary/aromatic N) is 1. The molecule has 2 aromatic heterocycles. The van der Waals surface area contributed by atoms with Gasteiger partial charge in [0.1, 0.15) is 0 Å². The van der Waals surface area contributed by atoms with Crippen LogP contribution >= 0.6 is 11.3 Å². The van der Waals surface area contributed by atoms with E-state index in [4.69, 9.17) is 0 Å². The fourth-order valence-electron chi connectivity index (χ4n) is 3.32. The normalized spacial score (nSPS) is 17.3. The van der Waals surface area contributed by atoms with Crippen LogP contribution < -0.4 is 5.56 Å². The molecule has 4 nitrogen and oxygen atoms in total. The third kappa shape index (κ3) is 2.28. The van der Waals surface area contributed by atoms with E-state index in [-0.39, 0.29) is 17.5 Å². The molecule has 3 aromatic rings. The van der Waals surface area contributed by atoms with Crippen molar-refractivity contribution < 1.29 is 4.79 Å². The highest BCUT2D eigenvalue weighted by atomic mass is 32.1. The van der Waals surface area contributed by atoms with Crippen LogP contribution in [0, 0.1) is 0 Å². The number of benzene rings is 1. The second-order valence-corrected chi connectivity index (χ2v) is 6.82. The van der Waals surface area contributed by atoms with E-state index in [0.29, 0.717) is 17.6 Å². The zero-order valence-electron chi connectivity index (χ0n) is 12.7. The van der Waals surface area contributed by atoms with Crippen molar-refractivity contribution in [3.8, 4) is 0 Å². The molecule has 0 bridgehead atoms.